The van der Waals surface area contributed by atoms with Crippen molar-refractivity contribution in [2.24, 2.45) is 7.05 Å². The number of aromatic nitrogens is 4. The van der Waals surface area contributed by atoms with E-state index in [0.717, 1.165) is 28.3 Å². The zero-order valence-electron chi connectivity index (χ0n) is 14.4. The maximum absolute atomic E-state index is 12.8. The molecule has 2 heterocycles. The van der Waals surface area contributed by atoms with E-state index >= 15 is 0 Å². The summed E-state index contributed by atoms with van der Waals surface area (Å²) in [6.07, 6.45) is 0. The normalized spacial score (nSPS) is 10.8. The van der Waals surface area contributed by atoms with Gasteiger partial charge in [0.15, 0.2) is 0 Å². The van der Waals surface area contributed by atoms with Crippen molar-refractivity contribution in [2.75, 3.05) is 11.4 Å². The first kappa shape index (κ1) is 16.0. The van der Waals surface area contributed by atoms with Gasteiger partial charge in [0.25, 0.3) is 5.91 Å². The maximum atomic E-state index is 12.8. The van der Waals surface area contributed by atoms with Crippen LogP contribution in [0, 0.1) is 13.8 Å². The average Bonchev–Trinajstić information content (AvgIpc) is 3.14. The molecule has 1 amide bonds. The topological polar surface area (TPSA) is 66.8 Å². The quantitative estimate of drug-likeness (QED) is 0.802. The lowest BCUT2D eigenvalue weighted by molar-refractivity contribution is 0.0983. The first-order valence-electron chi connectivity index (χ1n) is 7.95. The molecule has 0 aliphatic carbocycles. The number of hydrogen-bond acceptors (Lipinski definition) is 3. The number of rotatable bonds is 4. The molecule has 0 aliphatic heterocycles. The number of aromatic amines is 1. The van der Waals surface area contributed by atoms with Crippen LogP contribution in [0.3, 0.4) is 0 Å². The van der Waals surface area contributed by atoms with Crippen LogP contribution < -0.4 is 4.90 Å². The zero-order valence-corrected chi connectivity index (χ0v) is 14.4. The first-order valence-corrected chi connectivity index (χ1v) is 7.95. The number of aryl methyl sites for hydroxylation is 2. The molecule has 1 aromatic carbocycles. The number of nitrogens with zero attached hydrogens (tertiary/aromatic N) is 4. The number of para-hydroxylation sites is 1. The summed E-state index contributed by atoms with van der Waals surface area (Å²) in [6.45, 7) is 6.48. The van der Waals surface area contributed by atoms with Crippen molar-refractivity contribution in [2.45, 2.75) is 20.8 Å². The van der Waals surface area contributed by atoms with Gasteiger partial charge in [-0.25, -0.2) is 0 Å². The second-order valence-electron chi connectivity index (χ2n) is 5.72. The SMILES string of the molecule is CCN(C(=O)c1cc(-c2c(C)nn(C)c2C)n[nH]1)c1ccccc1. The van der Waals surface area contributed by atoms with Crippen LogP contribution in [0.5, 0.6) is 0 Å². The predicted molar refractivity (Wildman–Crippen MR) is 94.1 cm³/mol. The Morgan fingerprint density at radius 2 is 1.96 bits per heavy atom. The molecule has 0 fully saturated rings. The third kappa shape index (κ3) is 2.71. The second kappa shape index (κ2) is 6.31. The van der Waals surface area contributed by atoms with E-state index < -0.39 is 0 Å². The first-order chi connectivity index (χ1) is 11.5. The van der Waals surface area contributed by atoms with Gasteiger partial charge in [0.2, 0.25) is 0 Å². The molecule has 0 atom stereocenters. The van der Waals surface area contributed by atoms with Gasteiger partial charge in [-0.15, -0.1) is 0 Å². The van der Waals surface area contributed by atoms with Gasteiger partial charge in [-0.05, 0) is 39.0 Å². The number of benzene rings is 1. The molecule has 0 saturated heterocycles. The number of nitrogens with one attached hydrogen (secondary N) is 1. The fraction of sp³-hybridized carbons (Fsp3) is 0.278. The minimum absolute atomic E-state index is 0.0957. The summed E-state index contributed by atoms with van der Waals surface area (Å²) in [4.78, 5) is 14.6. The van der Waals surface area contributed by atoms with Gasteiger partial charge in [0.05, 0.1) is 11.4 Å². The standard InChI is InChI=1S/C18H21N5O/c1-5-23(14-9-7-6-8-10-14)18(24)16-11-15(19-20-16)17-12(2)21-22(4)13(17)3/h6-11H,5H2,1-4H3,(H,19,20). The highest BCUT2D eigenvalue weighted by Gasteiger charge is 2.21. The molecule has 6 nitrogen and oxygen atoms in total. The van der Waals surface area contributed by atoms with E-state index in [9.17, 15) is 4.79 Å². The highest BCUT2D eigenvalue weighted by Crippen LogP contribution is 2.26. The Morgan fingerprint density at radius 1 is 1.25 bits per heavy atom. The molecule has 1 N–H and O–H groups in total. The fourth-order valence-electron chi connectivity index (χ4n) is 2.90. The van der Waals surface area contributed by atoms with Crippen LogP contribution in [-0.4, -0.2) is 32.4 Å². The van der Waals surface area contributed by atoms with Crippen molar-refractivity contribution in [1.82, 2.24) is 20.0 Å². The lowest BCUT2D eigenvalue weighted by Gasteiger charge is -2.19. The smallest absolute Gasteiger partial charge is 0.276 e. The summed E-state index contributed by atoms with van der Waals surface area (Å²) in [5.74, 6) is -0.0957. The molecule has 0 aliphatic rings. The molecule has 3 rings (SSSR count). The van der Waals surface area contributed by atoms with Gasteiger partial charge in [0, 0.05) is 30.5 Å². The summed E-state index contributed by atoms with van der Waals surface area (Å²) in [7, 11) is 1.90. The van der Waals surface area contributed by atoms with Gasteiger partial charge in [-0.2, -0.15) is 10.2 Å². The van der Waals surface area contributed by atoms with Crippen LogP contribution in [-0.2, 0) is 7.05 Å². The molecule has 0 unspecified atom stereocenters. The van der Waals surface area contributed by atoms with Crippen molar-refractivity contribution in [3.63, 3.8) is 0 Å². The second-order valence-corrected chi connectivity index (χ2v) is 5.72. The monoisotopic (exact) mass is 323 g/mol. The minimum atomic E-state index is -0.0957. The Labute approximate surface area is 141 Å². The average molecular weight is 323 g/mol. The van der Waals surface area contributed by atoms with Gasteiger partial charge in [-0.3, -0.25) is 14.6 Å². The van der Waals surface area contributed by atoms with Gasteiger partial charge >= 0.3 is 0 Å². The predicted octanol–water partition coefficient (Wildman–Crippen LogP) is 3.09. The Morgan fingerprint density at radius 3 is 2.54 bits per heavy atom. The number of carbonyl (C=O) groups excluding carboxylic acids is 1. The molecule has 2 aromatic heterocycles. The summed E-state index contributed by atoms with van der Waals surface area (Å²) >= 11 is 0. The van der Waals surface area contributed by atoms with Crippen LogP contribution in [0.4, 0.5) is 5.69 Å². The molecular formula is C18H21N5O. The lowest BCUT2D eigenvalue weighted by atomic mass is 10.1. The molecule has 0 radical (unpaired) electrons. The summed E-state index contributed by atoms with van der Waals surface area (Å²) < 4.78 is 1.82. The van der Waals surface area contributed by atoms with Crippen LogP contribution in [0.1, 0.15) is 28.8 Å². The van der Waals surface area contributed by atoms with E-state index in [1.807, 2.05) is 62.8 Å². The summed E-state index contributed by atoms with van der Waals surface area (Å²) in [5.41, 5.74) is 4.97. The lowest BCUT2D eigenvalue weighted by Crippen LogP contribution is -2.30. The molecule has 0 spiro atoms. The molecule has 3 aromatic rings. The third-order valence-corrected chi connectivity index (χ3v) is 4.20. The van der Waals surface area contributed by atoms with Crippen molar-refractivity contribution >= 4 is 11.6 Å². The number of amides is 1. The highest BCUT2D eigenvalue weighted by molar-refractivity contribution is 6.05. The van der Waals surface area contributed by atoms with E-state index in [2.05, 4.69) is 15.3 Å². The van der Waals surface area contributed by atoms with Crippen molar-refractivity contribution in [1.29, 1.82) is 0 Å². The van der Waals surface area contributed by atoms with E-state index in [4.69, 9.17) is 0 Å². The minimum Gasteiger partial charge on any atom is -0.307 e. The molecule has 124 valence electrons. The third-order valence-electron chi connectivity index (χ3n) is 4.20. The van der Waals surface area contributed by atoms with Crippen LogP contribution in [0.15, 0.2) is 36.4 Å². The molecule has 24 heavy (non-hydrogen) atoms. The van der Waals surface area contributed by atoms with Crippen molar-refractivity contribution in [3.05, 3.63) is 53.5 Å². The van der Waals surface area contributed by atoms with Crippen molar-refractivity contribution in [3.8, 4) is 11.3 Å². The van der Waals surface area contributed by atoms with Crippen LogP contribution in [0.2, 0.25) is 0 Å². The van der Waals surface area contributed by atoms with E-state index in [1.54, 1.807) is 11.0 Å². The highest BCUT2D eigenvalue weighted by atomic mass is 16.2. The van der Waals surface area contributed by atoms with Crippen LogP contribution >= 0.6 is 0 Å². The van der Waals surface area contributed by atoms with Gasteiger partial charge in [-0.1, -0.05) is 18.2 Å². The molecule has 0 saturated carbocycles. The summed E-state index contributed by atoms with van der Waals surface area (Å²) in [6, 6.07) is 11.4. The number of H-pyrrole nitrogens is 1. The Balaban J connectivity index is 1.94. The zero-order chi connectivity index (χ0) is 17.3. The van der Waals surface area contributed by atoms with Crippen LogP contribution in [0.25, 0.3) is 11.3 Å². The number of hydrogen-bond donors (Lipinski definition) is 1. The van der Waals surface area contributed by atoms with E-state index in [-0.39, 0.29) is 5.91 Å². The molecule has 0 bridgehead atoms. The number of anilines is 1. The maximum Gasteiger partial charge on any atom is 0.276 e. The van der Waals surface area contributed by atoms with Crippen molar-refractivity contribution < 1.29 is 4.79 Å². The molecule has 6 heteroatoms. The van der Waals surface area contributed by atoms with E-state index in [0.29, 0.717) is 12.2 Å². The number of carbonyl (C=O) groups is 1. The Kier molecular flexibility index (Phi) is 4.20. The summed E-state index contributed by atoms with van der Waals surface area (Å²) in [5, 5.41) is 11.6. The fourth-order valence-corrected chi connectivity index (χ4v) is 2.90. The van der Waals surface area contributed by atoms with Gasteiger partial charge < -0.3 is 4.90 Å². The Bertz CT molecular complexity index is 863. The molecular weight excluding hydrogens is 302 g/mol. The van der Waals surface area contributed by atoms with Gasteiger partial charge in [0.1, 0.15) is 5.69 Å². The largest absolute Gasteiger partial charge is 0.307 e. The van der Waals surface area contributed by atoms with E-state index in [1.165, 1.54) is 0 Å². The Hall–Kier alpha value is -2.89.